The van der Waals surface area contributed by atoms with E-state index in [1.54, 1.807) is 22.3 Å². The van der Waals surface area contributed by atoms with E-state index in [4.69, 9.17) is 0 Å². The first-order valence-corrected chi connectivity index (χ1v) is 23.1. The van der Waals surface area contributed by atoms with Gasteiger partial charge in [-0.2, -0.15) is 0 Å². The molecule has 3 heteroatoms. The molecule has 0 aromatic heterocycles. The predicted octanol–water partition coefficient (Wildman–Crippen LogP) is 5.95. The van der Waals surface area contributed by atoms with E-state index >= 15 is 0 Å². The maximum absolute atomic E-state index is 2.65. The zero-order chi connectivity index (χ0) is 20.2. The Morgan fingerprint density at radius 2 is 0.742 bits per heavy atom. The van der Waals surface area contributed by atoms with Crippen LogP contribution in [0.1, 0.15) is 25.4 Å². The molecular formula is C28H28BNdSi. The van der Waals surface area contributed by atoms with Crippen molar-refractivity contribution >= 4 is 11.8 Å². The van der Waals surface area contributed by atoms with Crippen molar-refractivity contribution in [2.45, 2.75) is 16.2 Å². The molecule has 0 aliphatic heterocycles. The van der Waals surface area contributed by atoms with E-state index in [9.17, 15) is 0 Å². The van der Waals surface area contributed by atoms with Gasteiger partial charge in [0.25, 0.3) is 0 Å². The van der Waals surface area contributed by atoms with Gasteiger partial charge in [0.1, 0.15) is 0 Å². The van der Waals surface area contributed by atoms with Gasteiger partial charge in [0.2, 0.25) is 0 Å². The molecule has 151 valence electrons. The average molecular weight is 548 g/mol. The Labute approximate surface area is 201 Å². The molecule has 0 spiro atoms. The summed E-state index contributed by atoms with van der Waals surface area (Å²) in [5.41, 5.74) is 12.5. The second kappa shape index (κ2) is 8.46. The summed E-state index contributed by atoms with van der Waals surface area (Å²) >= 11 is -2.21. The first-order valence-electron chi connectivity index (χ1n) is 11.0. The average Bonchev–Trinajstić information content (AvgIpc) is 3.29. The topological polar surface area (TPSA) is 0 Å². The molecule has 0 saturated heterocycles. The van der Waals surface area contributed by atoms with Crippen LogP contribution in [-0.4, -0.2) is 11.8 Å². The quantitative estimate of drug-likeness (QED) is 0.278. The van der Waals surface area contributed by atoms with Crippen molar-refractivity contribution in [1.82, 2.24) is 0 Å². The molecule has 0 radical (unpaired) electrons. The first kappa shape index (κ1) is 21.4. The minimum absolute atomic E-state index is 0. The summed E-state index contributed by atoms with van der Waals surface area (Å²) in [5, 5.41) is 0. The van der Waals surface area contributed by atoms with Crippen LogP contribution in [0, 0.1) is 33.5 Å². The van der Waals surface area contributed by atoms with Gasteiger partial charge in [-0.05, 0) is 0 Å². The summed E-state index contributed by atoms with van der Waals surface area (Å²) in [6.45, 7) is 5.30. The summed E-state index contributed by atoms with van der Waals surface area (Å²) in [4.78, 5) is 0. The summed E-state index contributed by atoms with van der Waals surface area (Å²) in [7, 11) is 0. The van der Waals surface area contributed by atoms with E-state index in [0.29, 0.717) is 3.14 Å². The fraction of sp³-hybridized carbons (Fsp3) is 0.143. The summed E-state index contributed by atoms with van der Waals surface area (Å²) in [6.07, 6.45) is 0. The van der Waals surface area contributed by atoms with Crippen molar-refractivity contribution < 1.29 is 33.5 Å². The van der Waals surface area contributed by atoms with E-state index in [0.717, 1.165) is 0 Å². The molecule has 2 aliphatic carbocycles. The van der Waals surface area contributed by atoms with Crippen LogP contribution in [0.25, 0.3) is 22.3 Å². The molecule has 4 aromatic rings. The van der Waals surface area contributed by atoms with E-state index in [2.05, 4.69) is 110 Å². The van der Waals surface area contributed by atoms with Crippen LogP contribution < -0.4 is 0 Å². The molecule has 0 unspecified atom stereocenters. The molecule has 0 fully saturated rings. The summed E-state index contributed by atoms with van der Waals surface area (Å²) in [6, 6.07) is 37.1. The number of benzene rings is 4. The van der Waals surface area contributed by atoms with Gasteiger partial charge in [-0.15, -0.1) is 0 Å². The minimum atomic E-state index is -2.21. The van der Waals surface area contributed by atoms with E-state index in [-0.39, 0.29) is 8.41 Å². The molecule has 2 aliphatic rings. The molecule has 6 rings (SSSR count). The Morgan fingerprint density at radius 3 is 1.00 bits per heavy atom. The molecule has 0 amide bonds. The molecule has 0 heterocycles. The number of hydrogen-bond acceptors (Lipinski definition) is 0. The SMILES string of the molecule is B.C[SiH](C)[Nd]([CH]1c2ccccc2-c2ccccc21)[CH]1c2ccccc2-c2ccccc21. The standard InChI is InChI=1S/2C13H9.C2H7Si.BH3.Nd/c2*1-3-7-12-10(5-1)9-11-6-2-4-8-13(11)12;1-3-2;;/h2*1-9H;3H,1-2H3;1H3;. The van der Waals surface area contributed by atoms with Gasteiger partial charge in [0.05, 0.1) is 8.41 Å². The summed E-state index contributed by atoms with van der Waals surface area (Å²) in [5.74, 6) is 0. The van der Waals surface area contributed by atoms with Crippen molar-refractivity contribution in [2.24, 2.45) is 0 Å². The van der Waals surface area contributed by atoms with Crippen LogP contribution in [0.3, 0.4) is 0 Å². The van der Waals surface area contributed by atoms with E-state index in [1.807, 2.05) is 0 Å². The van der Waals surface area contributed by atoms with Crippen LogP contribution in [0.4, 0.5) is 0 Å². The Kier molecular flexibility index (Phi) is 5.83. The third-order valence-electron chi connectivity index (χ3n) is 7.00. The molecule has 4 aromatic carbocycles. The number of fused-ring (bicyclic) bond motifs is 6. The van der Waals surface area contributed by atoms with Crippen LogP contribution >= 0.6 is 0 Å². The zero-order valence-corrected chi connectivity index (χ0v) is 21.8. The van der Waals surface area contributed by atoms with Gasteiger partial charge in [0.15, 0.2) is 0 Å². The van der Waals surface area contributed by atoms with Gasteiger partial charge in [-0.1, -0.05) is 0 Å². The van der Waals surface area contributed by atoms with Crippen molar-refractivity contribution in [3.05, 3.63) is 119 Å². The Bertz CT molecular complexity index is 1080. The first-order chi connectivity index (χ1) is 14.8. The van der Waals surface area contributed by atoms with Crippen LogP contribution in [-0.2, 0) is 0 Å². The van der Waals surface area contributed by atoms with E-state index in [1.165, 1.54) is 22.3 Å². The molecule has 0 saturated carbocycles. The second-order valence-electron chi connectivity index (χ2n) is 8.87. The fourth-order valence-corrected chi connectivity index (χ4v) is 34.3. The Balaban J connectivity index is 0.00000204. The fourth-order valence-electron chi connectivity index (χ4n) is 5.86. The Morgan fingerprint density at radius 1 is 0.484 bits per heavy atom. The van der Waals surface area contributed by atoms with Crippen LogP contribution in [0.2, 0.25) is 13.1 Å². The van der Waals surface area contributed by atoms with Crippen molar-refractivity contribution in [3.63, 3.8) is 0 Å². The van der Waals surface area contributed by atoms with Crippen molar-refractivity contribution in [1.29, 1.82) is 0 Å². The molecule has 0 bridgehead atoms. The van der Waals surface area contributed by atoms with Gasteiger partial charge >= 0.3 is 195 Å². The zero-order valence-electron chi connectivity index (χ0n) is 17.5. The third-order valence-corrected chi connectivity index (χ3v) is 34.4. The molecule has 0 atom stereocenters. The second-order valence-corrected chi connectivity index (χ2v) is 34.1. The third kappa shape index (κ3) is 3.25. The molecule has 0 nitrogen and oxygen atoms in total. The number of rotatable bonds is 3. The normalized spacial score (nSPS) is 13.9. The predicted molar refractivity (Wildman–Crippen MR) is 136 cm³/mol. The monoisotopic (exact) mass is 545 g/mol. The van der Waals surface area contributed by atoms with Crippen LogP contribution in [0.15, 0.2) is 97.1 Å². The Hall–Kier alpha value is -1.49. The van der Waals surface area contributed by atoms with Crippen LogP contribution in [0.5, 0.6) is 0 Å². The molecular weight excluding hydrogens is 519 g/mol. The molecule has 31 heavy (non-hydrogen) atoms. The van der Waals surface area contributed by atoms with Gasteiger partial charge < -0.3 is 0 Å². The summed E-state index contributed by atoms with van der Waals surface area (Å²) < 4.78 is 0.572. The maximum atomic E-state index is 2.65. The van der Waals surface area contributed by atoms with Crippen molar-refractivity contribution in [3.8, 4) is 22.3 Å². The van der Waals surface area contributed by atoms with Crippen molar-refractivity contribution in [2.75, 3.05) is 0 Å². The van der Waals surface area contributed by atoms with E-state index < -0.39 is 36.9 Å². The number of hydrogen-bond donors (Lipinski definition) is 0. The van der Waals surface area contributed by atoms with Gasteiger partial charge in [-0.3, -0.25) is 0 Å². The van der Waals surface area contributed by atoms with Gasteiger partial charge in [-0.25, -0.2) is 0 Å². The van der Waals surface area contributed by atoms with Gasteiger partial charge in [0, 0.05) is 0 Å². The molecule has 0 N–H and O–H groups in total.